The van der Waals surface area contributed by atoms with E-state index in [0.29, 0.717) is 17.6 Å². The topological polar surface area (TPSA) is 17.1 Å². The predicted molar refractivity (Wildman–Crippen MR) is 46.7 cm³/mol. The van der Waals surface area contributed by atoms with Gasteiger partial charge in [0.15, 0.2) is 0 Å². The normalized spacial score (nSPS) is 51.2. The molecule has 3 fully saturated rings. The van der Waals surface area contributed by atoms with E-state index < -0.39 is 0 Å². The van der Waals surface area contributed by atoms with Gasteiger partial charge in [-0.15, -0.1) is 0 Å². The Balaban J connectivity index is 1.94. The van der Waals surface area contributed by atoms with Crippen LogP contribution in [0.15, 0.2) is 0 Å². The SMILES string of the molecule is O=C1[C@H]2CCC[C@H]2[C@@H]2CCC[C@@H]12. The first-order valence-electron chi connectivity index (χ1n) is 5.41. The second-order valence-electron chi connectivity index (χ2n) is 4.80. The maximum absolute atomic E-state index is 11.9. The van der Waals surface area contributed by atoms with E-state index in [1.54, 1.807) is 0 Å². The molecule has 12 heavy (non-hydrogen) atoms. The highest BCUT2D eigenvalue weighted by Gasteiger charge is 2.52. The van der Waals surface area contributed by atoms with Gasteiger partial charge in [-0.3, -0.25) is 4.79 Å². The summed E-state index contributed by atoms with van der Waals surface area (Å²) in [6.07, 6.45) is 7.80. The van der Waals surface area contributed by atoms with E-state index in [4.69, 9.17) is 0 Å². The van der Waals surface area contributed by atoms with Crippen molar-refractivity contribution in [1.82, 2.24) is 0 Å². The molecule has 0 heterocycles. The Kier molecular flexibility index (Phi) is 1.38. The summed E-state index contributed by atoms with van der Waals surface area (Å²) in [4.78, 5) is 11.9. The van der Waals surface area contributed by atoms with Crippen LogP contribution < -0.4 is 0 Å². The van der Waals surface area contributed by atoms with Gasteiger partial charge in [-0.2, -0.15) is 0 Å². The highest BCUT2D eigenvalue weighted by atomic mass is 16.1. The van der Waals surface area contributed by atoms with Gasteiger partial charge in [-0.1, -0.05) is 12.8 Å². The quantitative estimate of drug-likeness (QED) is 0.537. The van der Waals surface area contributed by atoms with Crippen molar-refractivity contribution in [2.24, 2.45) is 23.7 Å². The molecule has 3 aliphatic carbocycles. The lowest BCUT2D eigenvalue weighted by Crippen LogP contribution is -2.12. The molecule has 1 nitrogen and oxygen atoms in total. The summed E-state index contributed by atoms with van der Waals surface area (Å²) in [5.41, 5.74) is 0. The molecule has 1 heteroatoms. The van der Waals surface area contributed by atoms with Gasteiger partial charge in [-0.25, -0.2) is 0 Å². The van der Waals surface area contributed by atoms with Gasteiger partial charge in [0.2, 0.25) is 0 Å². The van der Waals surface area contributed by atoms with E-state index in [1.165, 1.54) is 38.5 Å². The molecule has 0 saturated heterocycles. The smallest absolute Gasteiger partial charge is 0.139 e. The summed E-state index contributed by atoms with van der Waals surface area (Å²) in [5, 5.41) is 0. The molecule has 0 amide bonds. The van der Waals surface area contributed by atoms with Gasteiger partial charge >= 0.3 is 0 Å². The molecule has 3 rings (SSSR count). The zero-order chi connectivity index (χ0) is 8.13. The number of fused-ring (bicyclic) bond motifs is 3. The molecule has 0 N–H and O–H groups in total. The van der Waals surface area contributed by atoms with Gasteiger partial charge in [0, 0.05) is 11.8 Å². The Bertz CT molecular complexity index is 199. The van der Waals surface area contributed by atoms with Crippen LogP contribution in [0.5, 0.6) is 0 Å². The second-order valence-corrected chi connectivity index (χ2v) is 4.80. The van der Waals surface area contributed by atoms with Gasteiger partial charge in [0.05, 0.1) is 0 Å². The lowest BCUT2D eigenvalue weighted by Gasteiger charge is -2.14. The second kappa shape index (κ2) is 2.34. The van der Waals surface area contributed by atoms with Crippen molar-refractivity contribution in [3.05, 3.63) is 0 Å². The fourth-order valence-electron chi connectivity index (χ4n) is 3.98. The zero-order valence-electron chi connectivity index (χ0n) is 7.46. The number of hydrogen-bond donors (Lipinski definition) is 0. The summed E-state index contributed by atoms with van der Waals surface area (Å²) in [5.74, 6) is 3.33. The Morgan fingerprint density at radius 2 is 1.33 bits per heavy atom. The zero-order valence-corrected chi connectivity index (χ0v) is 7.46. The van der Waals surface area contributed by atoms with Gasteiger partial charge in [-0.05, 0) is 37.5 Å². The van der Waals surface area contributed by atoms with Crippen LogP contribution in [0.1, 0.15) is 38.5 Å². The first-order valence-corrected chi connectivity index (χ1v) is 5.41. The number of carbonyl (C=O) groups is 1. The largest absolute Gasteiger partial charge is 0.299 e. The molecule has 0 spiro atoms. The summed E-state index contributed by atoms with van der Waals surface area (Å²) >= 11 is 0. The van der Waals surface area contributed by atoms with Crippen LogP contribution >= 0.6 is 0 Å². The van der Waals surface area contributed by atoms with Crippen molar-refractivity contribution in [3.63, 3.8) is 0 Å². The lowest BCUT2D eigenvalue weighted by molar-refractivity contribution is -0.124. The van der Waals surface area contributed by atoms with Crippen LogP contribution in [-0.2, 0) is 4.79 Å². The van der Waals surface area contributed by atoms with Gasteiger partial charge in [0.1, 0.15) is 5.78 Å². The third kappa shape index (κ3) is 0.725. The molecule has 0 aromatic heterocycles. The standard InChI is InChI=1S/C11H16O/c12-11-9-5-1-3-7(9)8-4-2-6-10(8)11/h7-10H,1-6H2/t7-,8-,9-,10+/m0/s1. The monoisotopic (exact) mass is 164 g/mol. The van der Waals surface area contributed by atoms with E-state index in [9.17, 15) is 4.79 Å². The molecule has 66 valence electrons. The van der Waals surface area contributed by atoms with E-state index >= 15 is 0 Å². The number of rotatable bonds is 0. The number of ketones is 1. The van der Waals surface area contributed by atoms with Crippen molar-refractivity contribution < 1.29 is 4.79 Å². The molecule has 4 atom stereocenters. The Hall–Kier alpha value is -0.330. The summed E-state index contributed by atoms with van der Waals surface area (Å²) < 4.78 is 0. The Morgan fingerprint density at radius 3 is 1.83 bits per heavy atom. The number of hydrogen-bond acceptors (Lipinski definition) is 1. The molecule has 0 aliphatic heterocycles. The van der Waals surface area contributed by atoms with Crippen molar-refractivity contribution >= 4 is 5.78 Å². The van der Waals surface area contributed by atoms with Crippen LogP contribution in [-0.4, -0.2) is 5.78 Å². The Labute approximate surface area is 73.5 Å². The maximum Gasteiger partial charge on any atom is 0.139 e. The van der Waals surface area contributed by atoms with E-state index in [0.717, 1.165) is 11.8 Å². The number of Topliss-reactive ketones (excluding diaryl/α,β-unsaturated/α-hetero) is 1. The van der Waals surface area contributed by atoms with Crippen molar-refractivity contribution in [2.75, 3.05) is 0 Å². The van der Waals surface area contributed by atoms with E-state index in [1.807, 2.05) is 0 Å². The highest BCUT2D eigenvalue weighted by Crippen LogP contribution is 2.54. The van der Waals surface area contributed by atoms with Crippen molar-refractivity contribution in [3.8, 4) is 0 Å². The van der Waals surface area contributed by atoms with Crippen molar-refractivity contribution in [1.29, 1.82) is 0 Å². The van der Waals surface area contributed by atoms with Gasteiger partial charge < -0.3 is 0 Å². The van der Waals surface area contributed by atoms with Crippen LogP contribution in [0, 0.1) is 23.7 Å². The fraction of sp³-hybridized carbons (Fsp3) is 0.909. The first kappa shape index (κ1) is 7.11. The number of carbonyl (C=O) groups excluding carboxylic acids is 1. The minimum atomic E-state index is 0.514. The molecule has 0 radical (unpaired) electrons. The maximum atomic E-state index is 11.9. The molecule has 3 saturated carbocycles. The predicted octanol–water partition coefficient (Wildman–Crippen LogP) is 2.40. The minimum absolute atomic E-state index is 0.514. The average molecular weight is 164 g/mol. The lowest BCUT2D eigenvalue weighted by atomic mass is 9.90. The van der Waals surface area contributed by atoms with Gasteiger partial charge in [0.25, 0.3) is 0 Å². The van der Waals surface area contributed by atoms with Crippen LogP contribution in [0.4, 0.5) is 0 Å². The first-order chi connectivity index (χ1) is 5.88. The molecule has 0 aromatic carbocycles. The highest BCUT2D eigenvalue weighted by molar-refractivity contribution is 5.87. The third-order valence-corrected chi connectivity index (χ3v) is 4.42. The minimum Gasteiger partial charge on any atom is -0.299 e. The molecular weight excluding hydrogens is 148 g/mol. The van der Waals surface area contributed by atoms with Crippen LogP contribution in [0.2, 0.25) is 0 Å². The average Bonchev–Trinajstić information content (AvgIpc) is 2.72. The summed E-state index contributed by atoms with van der Waals surface area (Å²) in [6.45, 7) is 0. The molecule has 3 aliphatic rings. The van der Waals surface area contributed by atoms with E-state index in [2.05, 4.69) is 0 Å². The molecule has 0 aromatic rings. The summed E-state index contributed by atoms with van der Waals surface area (Å²) in [7, 11) is 0. The molecule has 0 unspecified atom stereocenters. The Morgan fingerprint density at radius 1 is 0.833 bits per heavy atom. The fourth-order valence-corrected chi connectivity index (χ4v) is 3.98. The van der Waals surface area contributed by atoms with Crippen LogP contribution in [0.25, 0.3) is 0 Å². The molecular formula is C11H16O. The third-order valence-electron chi connectivity index (χ3n) is 4.42. The summed E-state index contributed by atoms with van der Waals surface area (Å²) in [6, 6.07) is 0. The van der Waals surface area contributed by atoms with Crippen LogP contribution in [0.3, 0.4) is 0 Å². The molecule has 0 bridgehead atoms. The van der Waals surface area contributed by atoms with E-state index in [-0.39, 0.29) is 0 Å². The van der Waals surface area contributed by atoms with Crippen molar-refractivity contribution in [2.45, 2.75) is 38.5 Å².